The van der Waals surface area contributed by atoms with Crippen LogP contribution in [0.1, 0.15) is 18.4 Å². The van der Waals surface area contributed by atoms with E-state index in [1.807, 2.05) is 6.07 Å². The zero-order valence-corrected chi connectivity index (χ0v) is 12.3. The Kier molecular flexibility index (Phi) is 2.99. The lowest BCUT2D eigenvalue weighted by atomic mass is 9.80. The van der Waals surface area contributed by atoms with Gasteiger partial charge in [-0.3, -0.25) is 9.59 Å². The van der Waals surface area contributed by atoms with E-state index in [4.69, 9.17) is 27.9 Å². The van der Waals surface area contributed by atoms with Gasteiger partial charge in [-0.05, 0) is 30.5 Å². The largest absolute Gasteiger partial charge is 0.468 e. The normalized spacial score (nSPS) is 31.2. The number of fused-ring (bicyclic) bond motifs is 1. The van der Waals surface area contributed by atoms with E-state index in [0.717, 1.165) is 5.56 Å². The van der Waals surface area contributed by atoms with Crippen molar-refractivity contribution in [2.45, 2.75) is 18.3 Å². The first-order valence-electron chi connectivity index (χ1n) is 6.30. The van der Waals surface area contributed by atoms with Crippen molar-refractivity contribution < 1.29 is 14.3 Å². The van der Waals surface area contributed by atoms with Crippen molar-refractivity contribution in [1.29, 1.82) is 0 Å². The van der Waals surface area contributed by atoms with Crippen molar-refractivity contribution in [2.24, 2.45) is 5.41 Å². The number of carbonyl (C=O) groups excluding carboxylic acids is 2. The van der Waals surface area contributed by atoms with Gasteiger partial charge < -0.3 is 10.1 Å². The highest BCUT2D eigenvalue weighted by molar-refractivity contribution is 6.42. The molecule has 1 N–H and O–H groups in total. The van der Waals surface area contributed by atoms with Gasteiger partial charge in [-0.25, -0.2) is 0 Å². The number of rotatable bonds is 2. The number of hydrogen-bond donors (Lipinski definition) is 1. The van der Waals surface area contributed by atoms with Crippen LogP contribution in [0.3, 0.4) is 0 Å². The third-order valence-electron chi connectivity index (χ3n) is 4.49. The molecule has 1 aliphatic heterocycles. The maximum Gasteiger partial charge on any atom is 0.322 e. The lowest BCUT2D eigenvalue weighted by molar-refractivity contribution is -0.154. The van der Waals surface area contributed by atoms with Crippen molar-refractivity contribution in [3.63, 3.8) is 0 Å². The summed E-state index contributed by atoms with van der Waals surface area (Å²) in [6.07, 6.45) is 1.14. The zero-order chi connectivity index (χ0) is 14.5. The van der Waals surface area contributed by atoms with Gasteiger partial charge in [0.1, 0.15) is 0 Å². The maximum atomic E-state index is 12.2. The minimum atomic E-state index is -1.11. The SMILES string of the molecule is COC(=O)[C@]12C[C@@]1(c1ccc(Cl)c(Cl)c1)CCNC2=O. The Morgan fingerprint density at radius 2 is 2.10 bits per heavy atom. The summed E-state index contributed by atoms with van der Waals surface area (Å²) >= 11 is 12.0. The van der Waals surface area contributed by atoms with E-state index < -0.39 is 16.8 Å². The van der Waals surface area contributed by atoms with Crippen LogP contribution in [0.5, 0.6) is 0 Å². The van der Waals surface area contributed by atoms with E-state index in [0.29, 0.717) is 29.4 Å². The molecule has 20 heavy (non-hydrogen) atoms. The monoisotopic (exact) mass is 313 g/mol. The smallest absolute Gasteiger partial charge is 0.322 e. The summed E-state index contributed by atoms with van der Waals surface area (Å²) in [5, 5.41) is 3.63. The number of hydrogen-bond acceptors (Lipinski definition) is 3. The maximum absolute atomic E-state index is 12.2. The van der Waals surface area contributed by atoms with E-state index in [2.05, 4.69) is 5.32 Å². The molecular formula is C14H13Cl2NO3. The average molecular weight is 314 g/mol. The third-order valence-corrected chi connectivity index (χ3v) is 5.23. The number of carbonyl (C=O) groups is 2. The molecule has 106 valence electrons. The first-order valence-corrected chi connectivity index (χ1v) is 7.06. The Morgan fingerprint density at radius 3 is 2.75 bits per heavy atom. The second-order valence-corrected chi connectivity index (χ2v) is 6.10. The first kappa shape index (κ1) is 13.7. The Hall–Kier alpha value is -1.26. The molecule has 1 heterocycles. The fourth-order valence-electron chi connectivity index (χ4n) is 3.37. The molecule has 1 saturated heterocycles. The van der Waals surface area contributed by atoms with Crippen molar-refractivity contribution in [3.05, 3.63) is 33.8 Å². The number of nitrogens with one attached hydrogen (secondary N) is 1. The van der Waals surface area contributed by atoms with E-state index in [9.17, 15) is 9.59 Å². The Morgan fingerprint density at radius 1 is 1.35 bits per heavy atom. The van der Waals surface area contributed by atoms with Crippen LogP contribution in [0.4, 0.5) is 0 Å². The first-order chi connectivity index (χ1) is 9.48. The van der Waals surface area contributed by atoms with Crippen molar-refractivity contribution in [1.82, 2.24) is 5.32 Å². The quantitative estimate of drug-likeness (QED) is 0.673. The Labute approximate surface area is 126 Å². The van der Waals surface area contributed by atoms with Gasteiger partial charge in [0.2, 0.25) is 5.91 Å². The van der Waals surface area contributed by atoms with E-state index in [-0.39, 0.29) is 5.91 Å². The number of ether oxygens (including phenoxy) is 1. The molecule has 6 heteroatoms. The van der Waals surface area contributed by atoms with Crippen LogP contribution in [0.2, 0.25) is 10.0 Å². The molecule has 1 aromatic rings. The average Bonchev–Trinajstić information content (AvgIpc) is 3.14. The molecule has 2 atom stereocenters. The van der Waals surface area contributed by atoms with Gasteiger partial charge in [-0.15, -0.1) is 0 Å². The number of methoxy groups -OCH3 is 1. The highest BCUT2D eigenvalue weighted by Gasteiger charge is 2.78. The van der Waals surface area contributed by atoms with Crippen LogP contribution in [0, 0.1) is 5.41 Å². The fraction of sp³-hybridized carbons (Fsp3) is 0.429. The van der Waals surface area contributed by atoms with Crippen LogP contribution in [-0.2, 0) is 19.7 Å². The minimum Gasteiger partial charge on any atom is -0.468 e. The van der Waals surface area contributed by atoms with Crippen LogP contribution < -0.4 is 5.32 Å². The Bertz CT molecular complexity index is 608. The molecule has 0 bridgehead atoms. The summed E-state index contributed by atoms with van der Waals surface area (Å²) in [7, 11) is 1.30. The fourth-order valence-corrected chi connectivity index (χ4v) is 3.67. The lowest BCUT2D eigenvalue weighted by Crippen LogP contribution is -2.48. The lowest BCUT2D eigenvalue weighted by Gasteiger charge is -2.29. The number of piperidine rings is 1. The number of halogens is 2. The molecule has 1 saturated carbocycles. The van der Waals surface area contributed by atoms with Gasteiger partial charge >= 0.3 is 5.97 Å². The topological polar surface area (TPSA) is 55.4 Å². The molecule has 1 aromatic carbocycles. The van der Waals surface area contributed by atoms with Gasteiger partial charge in [0.05, 0.1) is 17.2 Å². The summed E-state index contributed by atoms with van der Waals surface area (Å²) in [5.41, 5.74) is -0.763. The predicted octanol–water partition coefficient (Wildman–Crippen LogP) is 2.31. The van der Waals surface area contributed by atoms with Crippen molar-refractivity contribution in [3.8, 4) is 0 Å². The van der Waals surface area contributed by atoms with Gasteiger partial charge in [-0.2, -0.15) is 0 Å². The summed E-state index contributed by atoms with van der Waals surface area (Å²) in [4.78, 5) is 24.3. The van der Waals surface area contributed by atoms with Crippen molar-refractivity contribution in [2.75, 3.05) is 13.7 Å². The minimum absolute atomic E-state index is 0.262. The van der Waals surface area contributed by atoms with Crippen LogP contribution >= 0.6 is 23.2 Å². The molecule has 1 amide bonds. The number of benzene rings is 1. The summed E-state index contributed by atoms with van der Waals surface area (Å²) in [6, 6.07) is 5.27. The van der Waals surface area contributed by atoms with E-state index >= 15 is 0 Å². The summed E-state index contributed by atoms with van der Waals surface area (Å²) in [5.74, 6) is -0.748. The zero-order valence-electron chi connectivity index (χ0n) is 10.8. The van der Waals surface area contributed by atoms with Crippen LogP contribution in [0.25, 0.3) is 0 Å². The molecule has 0 spiro atoms. The summed E-state index contributed by atoms with van der Waals surface area (Å²) in [6.45, 7) is 0.540. The van der Waals surface area contributed by atoms with Gasteiger partial charge in [0, 0.05) is 12.0 Å². The number of esters is 1. The molecule has 0 radical (unpaired) electrons. The van der Waals surface area contributed by atoms with Gasteiger partial charge in [-0.1, -0.05) is 29.3 Å². The van der Waals surface area contributed by atoms with Gasteiger partial charge in [0.15, 0.2) is 5.41 Å². The molecule has 1 aliphatic carbocycles. The highest BCUT2D eigenvalue weighted by atomic mass is 35.5. The summed E-state index contributed by atoms with van der Waals surface area (Å²) < 4.78 is 4.85. The van der Waals surface area contributed by atoms with E-state index in [1.165, 1.54) is 7.11 Å². The van der Waals surface area contributed by atoms with Crippen LogP contribution in [0.15, 0.2) is 18.2 Å². The molecule has 0 aromatic heterocycles. The third kappa shape index (κ3) is 1.55. The molecule has 0 unspecified atom stereocenters. The van der Waals surface area contributed by atoms with Crippen LogP contribution in [-0.4, -0.2) is 25.5 Å². The highest BCUT2D eigenvalue weighted by Crippen LogP contribution is 2.68. The molecular weight excluding hydrogens is 301 g/mol. The van der Waals surface area contributed by atoms with E-state index in [1.54, 1.807) is 12.1 Å². The predicted molar refractivity (Wildman–Crippen MR) is 74.8 cm³/mol. The standard InChI is InChI=1S/C14H13Cl2NO3/c1-20-12(19)14-7-13(14,4-5-17-11(14)18)8-2-3-9(15)10(16)6-8/h2-3,6H,4-5,7H2,1H3,(H,17,18)/t13-,14-/m1/s1. The molecule has 3 rings (SSSR count). The molecule has 2 fully saturated rings. The Balaban J connectivity index is 2.09. The van der Waals surface area contributed by atoms with Gasteiger partial charge in [0.25, 0.3) is 0 Å². The molecule has 2 aliphatic rings. The molecule has 4 nitrogen and oxygen atoms in total. The van der Waals surface area contributed by atoms with Crippen molar-refractivity contribution >= 4 is 35.1 Å². The number of amides is 1. The second-order valence-electron chi connectivity index (χ2n) is 5.29. The second kappa shape index (κ2) is 4.37.